The van der Waals surface area contributed by atoms with Crippen molar-refractivity contribution in [1.82, 2.24) is 59.8 Å². The van der Waals surface area contributed by atoms with E-state index in [0.717, 1.165) is 203 Å². The molecule has 0 amide bonds. The smallest absolute Gasteiger partial charge is 0.202 e. The van der Waals surface area contributed by atoms with Gasteiger partial charge in [0, 0.05) is 117 Å². The highest BCUT2D eigenvalue weighted by Gasteiger charge is 2.27. The van der Waals surface area contributed by atoms with Crippen LogP contribution in [0.15, 0.2) is 469 Å². The third-order valence-electron chi connectivity index (χ3n) is 23.1. The van der Waals surface area contributed by atoms with Crippen molar-refractivity contribution in [3.8, 4) is 183 Å². The summed E-state index contributed by atoms with van der Waals surface area (Å²) in [5, 5.41) is 14.3. The van der Waals surface area contributed by atoms with Gasteiger partial charge < -0.3 is 21.3 Å². The molecule has 14 heterocycles. The van der Waals surface area contributed by atoms with Gasteiger partial charge in [0.15, 0.2) is 23.3 Å². The highest BCUT2D eigenvalue weighted by atomic mass is 15.3. The molecule has 20 aromatic rings. The molecule has 8 aromatic carbocycles. The van der Waals surface area contributed by atoms with Crippen LogP contribution in [0.2, 0.25) is 0 Å². The predicted octanol–water partition coefficient (Wildman–Crippen LogP) is 24.5. The number of amidine groups is 4. The van der Waals surface area contributed by atoms with Crippen molar-refractivity contribution in [2.45, 2.75) is 0 Å². The monoisotopic (exact) mass is 1820 g/mol. The number of rotatable bonds is 16. The van der Waals surface area contributed by atoms with E-state index in [0.29, 0.717) is 23.3 Å². The molecule has 20 heteroatoms. The molecular formula is C122H76N20. The van der Waals surface area contributed by atoms with Crippen LogP contribution in [-0.2, 0) is 0 Å². The lowest BCUT2D eigenvalue weighted by molar-refractivity contribution is 1.12. The Bertz CT molecular complexity index is 7280. The molecule has 0 saturated carbocycles. The van der Waals surface area contributed by atoms with Gasteiger partial charge in [0.1, 0.15) is 0 Å². The molecule has 22 rings (SSSR count). The van der Waals surface area contributed by atoms with Crippen LogP contribution in [0.5, 0.6) is 0 Å². The quantitative estimate of drug-likeness (QED) is 0.0656. The van der Waals surface area contributed by atoms with Gasteiger partial charge in [-0.2, -0.15) is 0 Å². The molecule has 2 aliphatic rings. The summed E-state index contributed by atoms with van der Waals surface area (Å²) in [6.07, 6.45) is 14.2. The van der Waals surface area contributed by atoms with Crippen LogP contribution in [-0.4, -0.2) is 83.2 Å². The van der Waals surface area contributed by atoms with Crippen molar-refractivity contribution in [2.24, 2.45) is 20.0 Å². The Morgan fingerprint density at radius 2 is 0.289 bits per heavy atom. The number of pyridine rings is 12. The summed E-state index contributed by atoms with van der Waals surface area (Å²) in [6.45, 7) is 0. The van der Waals surface area contributed by atoms with E-state index in [2.05, 4.69) is 206 Å². The number of nitrogens with zero attached hydrogens (tertiary/aromatic N) is 16. The number of hydrogen-bond donors (Lipinski definition) is 4. The van der Waals surface area contributed by atoms with Gasteiger partial charge in [-0.3, -0.25) is 39.9 Å². The number of benzene rings is 8. The molecule has 0 saturated heterocycles. The standard InChI is InChI=1S/C122H76N20/c1-9-65-123-101(17-1)109-73-93(74-110(135-109)102-18-2-10-66-124-102)89-49-33-81(34-50-89)25-29-85-41-57-97(58-42-85)131-117-118(132-98-59-43-86(44-60-98)30-26-82-35-51-90(52-36-82)94-75-111(103-19-3-11-67-125-103)136-112(76-94)104-20-4-12-68-126-104)140-121(139-117)122-141-119(133-99-61-45-87(46-62-99)31-27-83-37-53-91(54-38-83)95-77-113(105-21-5-13-69-127-105)137-114(78-95)106-22-6-14-70-128-106)120(142-122)134-100-63-47-88(48-64-100)32-28-84-39-55-92(56-40-84)96-79-115(107-23-7-15-71-129-107)138-116(80-96)108-24-8-16-72-130-108/h1-24,33-80H,(H,131,139)(H,132,140)(H,133,141)(H,134,142). The molecule has 12 aromatic heterocycles. The zero-order valence-electron chi connectivity index (χ0n) is 75.7. The first-order valence-electron chi connectivity index (χ1n) is 45.7. The lowest BCUT2D eigenvalue weighted by Crippen LogP contribution is -2.27. The Kier molecular flexibility index (Phi) is 24.9. The highest BCUT2D eigenvalue weighted by Crippen LogP contribution is 2.37. The maximum Gasteiger partial charge on any atom is 0.202 e. The highest BCUT2D eigenvalue weighted by molar-refractivity contribution is 6.51. The summed E-state index contributed by atoms with van der Waals surface area (Å²) in [4.78, 5) is 77.5. The van der Waals surface area contributed by atoms with Crippen molar-refractivity contribution in [1.29, 1.82) is 0 Å². The molecule has 0 fully saturated rings. The predicted molar refractivity (Wildman–Crippen MR) is 565 cm³/mol. The third kappa shape index (κ3) is 20.8. The number of nitrogens with one attached hydrogen (secondary N) is 4. The fourth-order valence-electron chi connectivity index (χ4n) is 15.8. The van der Waals surface area contributed by atoms with Crippen molar-refractivity contribution >= 4 is 46.1 Å². The van der Waals surface area contributed by atoms with Crippen LogP contribution < -0.4 is 21.3 Å². The van der Waals surface area contributed by atoms with E-state index < -0.39 is 0 Å². The summed E-state index contributed by atoms with van der Waals surface area (Å²) >= 11 is 0. The van der Waals surface area contributed by atoms with Gasteiger partial charge in [-0.1, -0.05) is 144 Å². The van der Waals surface area contributed by atoms with Crippen LogP contribution in [0.4, 0.5) is 22.7 Å². The Labute approximate surface area is 818 Å². The zero-order valence-corrected chi connectivity index (χ0v) is 75.7. The van der Waals surface area contributed by atoms with Crippen LogP contribution in [0.3, 0.4) is 0 Å². The molecule has 0 bridgehead atoms. The van der Waals surface area contributed by atoms with Gasteiger partial charge in [0.2, 0.25) is 11.6 Å². The summed E-state index contributed by atoms with van der Waals surface area (Å²) in [6, 6.07) is 127. The van der Waals surface area contributed by atoms with E-state index >= 15 is 0 Å². The summed E-state index contributed by atoms with van der Waals surface area (Å²) in [5.41, 5.74) is 29.6. The molecule has 664 valence electrons. The average molecular weight is 1820 g/mol. The second kappa shape index (κ2) is 40.7. The minimum Gasteiger partial charge on any atom is -0.337 e. The first-order valence-corrected chi connectivity index (χ1v) is 45.7. The topological polar surface area (TPSA) is 252 Å². The molecule has 2 aliphatic heterocycles. The van der Waals surface area contributed by atoms with E-state index in [1.165, 1.54) is 0 Å². The van der Waals surface area contributed by atoms with E-state index in [-0.39, 0.29) is 11.6 Å². The number of hydrogen-bond acceptors (Lipinski definition) is 20. The van der Waals surface area contributed by atoms with Crippen LogP contribution >= 0.6 is 0 Å². The van der Waals surface area contributed by atoms with Crippen molar-refractivity contribution in [3.63, 3.8) is 0 Å². The largest absolute Gasteiger partial charge is 0.337 e. The Hall–Kier alpha value is -20.6. The molecule has 0 radical (unpaired) electrons. The van der Waals surface area contributed by atoms with Crippen molar-refractivity contribution < 1.29 is 0 Å². The first-order chi connectivity index (χ1) is 70.2. The maximum absolute atomic E-state index is 5.19. The van der Waals surface area contributed by atoms with Gasteiger partial charge in [-0.05, 0) is 336 Å². The van der Waals surface area contributed by atoms with E-state index in [9.17, 15) is 0 Å². The molecule has 0 atom stereocenters. The molecule has 4 N–H and O–H groups in total. The molecule has 142 heavy (non-hydrogen) atoms. The van der Waals surface area contributed by atoms with Gasteiger partial charge in [-0.25, -0.2) is 39.9 Å². The van der Waals surface area contributed by atoms with Crippen molar-refractivity contribution in [2.75, 3.05) is 21.3 Å². The van der Waals surface area contributed by atoms with Crippen LogP contribution in [0, 0.1) is 47.4 Å². The van der Waals surface area contributed by atoms with E-state index in [1.54, 1.807) is 49.6 Å². The first kappa shape index (κ1) is 86.8. The van der Waals surface area contributed by atoms with Crippen LogP contribution in [0.1, 0.15) is 44.5 Å². The van der Waals surface area contributed by atoms with E-state index in [1.807, 2.05) is 291 Å². The molecule has 20 nitrogen and oxygen atoms in total. The second-order valence-corrected chi connectivity index (χ2v) is 32.8. The minimum atomic E-state index is 0.242. The Morgan fingerprint density at radius 3 is 0.430 bits per heavy atom. The number of aromatic nitrogens is 12. The minimum absolute atomic E-state index is 0.242. The maximum atomic E-state index is 5.19. The SMILES string of the molecule is C(#Cc1ccc(-c2cc(-c3ccccn3)nc(-c3ccccn3)c2)cc1)c1ccc(NC2=NC(=C3N=C(Nc4ccc(C#Cc5ccc(-c6cc(-c7ccccn7)nc(-c7ccccn7)c6)cc5)cc4)C(Nc4ccc(C#Cc5ccc(-c6cc(-c7ccccn7)nc(-c7ccccn7)c6)cc5)cc4)=N3)N=C2Nc2ccc(C#Cc3ccc(-c4cc(-c5ccccn5)nc(-c5ccccn5)c4)cc3)cc2)cc1. The number of anilines is 4. The average Bonchev–Trinajstić information content (AvgIpc) is 1.63. The summed E-state index contributed by atoms with van der Waals surface area (Å²) < 4.78 is 0. The van der Waals surface area contributed by atoms with Gasteiger partial charge in [-0.15, -0.1) is 0 Å². The van der Waals surface area contributed by atoms with Gasteiger partial charge in [0.05, 0.1) is 91.1 Å². The molecular weight excluding hydrogens is 1750 g/mol. The van der Waals surface area contributed by atoms with Crippen molar-refractivity contribution in [3.05, 3.63) is 494 Å². The zero-order chi connectivity index (χ0) is 95.0. The summed E-state index contributed by atoms with van der Waals surface area (Å²) in [5.74, 6) is 29.2. The number of aliphatic imine (C=N–C) groups is 4. The Morgan fingerprint density at radius 1 is 0.141 bits per heavy atom. The van der Waals surface area contributed by atoms with E-state index in [4.69, 9.17) is 39.9 Å². The normalized spacial score (nSPS) is 11.7. The van der Waals surface area contributed by atoms with Gasteiger partial charge in [0.25, 0.3) is 0 Å². The lowest BCUT2D eigenvalue weighted by atomic mass is 10.0. The fraction of sp³-hybridized carbons (Fsp3) is 0. The Balaban J connectivity index is 0.555. The third-order valence-corrected chi connectivity index (χ3v) is 23.1. The molecule has 0 unspecified atom stereocenters. The van der Waals surface area contributed by atoms with Crippen LogP contribution in [0.25, 0.3) is 136 Å². The lowest BCUT2D eigenvalue weighted by Gasteiger charge is -2.11. The van der Waals surface area contributed by atoms with Gasteiger partial charge >= 0.3 is 0 Å². The fourth-order valence-corrected chi connectivity index (χ4v) is 15.8. The molecule has 0 aliphatic carbocycles. The second-order valence-electron chi connectivity index (χ2n) is 32.8. The summed E-state index contributed by atoms with van der Waals surface area (Å²) in [7, 11) is 0. The molecule has 0 spiro atoms.